The van der Waals surface area contributed by atoms with E-state index in [-0.39, 0.29) is 24.5 Å². The van der Waals surface area contributed by atoms with Crippen LogP contribution in [0.4, 0.5) is 5.82 Å². The number of fused-ring (bicyclic) bond motifs is 2. The number of amides is 1. The molecule has 0 bridgehead atoms. The van der Waals surface area contributed by atoms with Crippen LogP contribution in [0.25, 0.3) is 28.0 Å². The van der Waals surface area contributed by atoms with Crippen molar-refractivity contribution >= 4 is 34.4 Å². The van der Waals surface area contributed by atoms with Gasteiger partial charge in [-0.25, -0.2) is 14.3 Å². The van der Waals surface area contributed by atoms with Gasteiger partial charge in [0.25, 0.3) is 0 Å². The fourth-order valence-electron chi connectivity index (χ4n) is 5.53. The van der Waals surface area contributed by atoms with Crippen LogP contribution in [0.5, 0.6) is 5.75 Å². The largest absolute Gasteiger partial charge is 0.489 e. The number of rotatable bonds is 4. The van der Waals surface area contributed by atoms with Gasteiger partial charge in [-0.15, -0.1) is 0 Å². The Bertz CT molecular complexity index is 1740. The molecule has 40 heavy (non-hydrogen) atoms. The Balaban J connectivity index is 1.68. The van der Waals surface area contributed by atoms with E-state index in [0.717, 1.165) is 11.3 Å². The van der Waals surface area contributed by atoms with Crippen LogP contribution < -0.4 is 15.3 Å². The van der Waals surface area contributed by atoms with Gasteiger partial charge >= 0.3 is 5.69 Å². The van der Waals surface area contributed by atoms with E-state index in [4.69, 9.17) is 21.3 Å². The predicted molar refractivity (Wildman–Crippen MR) is 152 cm³/mol. The SMILES string of the molecule is C=CC(=O)N1CCN2c3nc(=O)n(-c4c(C)ccnc4C(C)C)c4nc(-c5cnn(C)c5)c(Cl)c(c34)OC[C@H]2C1. The van der Waals surface area contributed by atoms with Gasteiger partial charge in [-0.2, -0.15) is 10.1 Å². The minimum Gasteiger partial charge on any atom is -0.489 e. The molecule has 0 saturated carbocycles. The monoisotopic (exact) mass is 560 g/mol. The van der Waals surface area contributed by atoms with E-state index in [1.165, 1.54) is 10.6 Å². The number of hydrogen-bond acceptors (Lipinski definition) is 8. The smallest absolute Gasteiger partial charge is 0.355 e. The molecule has 6 heterocycles. The van der Waals surface area contributed by atoms with E-state index >= 15 is 0 Å². The molecule has 206 valence electrons. The van der Waals surface area contributed by atoms with Gasteiger partial charge in [0.15, 0.2) is 11.4 Å². The zero-order chi connectivity index (χ0) is 28.3. The standard InChI is InChI=1S/C28H29ClN8O3/c1-6-19(38)35-9-10-36-18(13-35)14-40-25-20-26(36)33-28(39)37(24-16(4)7-8-30-22(24)15(2)3)27(20)32-23(21(25)29)17-11-31-34(5)12-17/h6-8,11-12,15,18H,1,9-10,13-14H2,2-5H3/t18-/m1/s1. The lowest BCUT2D eigenvalue weighted by atomic mass is 10.0. The van der Waals surface area contributed by atoms with Crippen LogP contribution in [0.3, 0.4) is 0 Å². The van der Waals surface area contributed by atoms with Crippen molar-refractivity contribution in [1.29, 1.82) is 0 Å². The number of ether oxygens (including phenoxy) is 1. The lowest BCUT2D eigenvalue weighted by molar-refractivity contribution is -0.126. The molecule has 1 amide bonds. The van der Waals surface area contributed by atoms with Gasteiger partial charge < -0.3 is 14.5 Å². The molecule has 0 unspecified atom stereocenters. The Hall–Kier alpha value is -4.25. The highest BCUT2D eigenvalue weighted by atomic mass is 35.5. The Kier molecular flexibility index (Phi) is 6.33. The van der Waals surface area contributed by atoms with Crippen LogP contribution in [0.15, 0.2) is 42.1 Å². The molecule has 4 aromatic heterocycles. The number of anilines is 1. The molecule has 12 heteroatoms. The van der Waals surface area contributed by atoms with Crippen molar-refractivity contribution < 1.29 is 9.53 Å². The highest BCUT2D eigenvalue weighted by Gasteiger charge is 2.37. The summed E-state index contributed by atoms with van der Waals surface area (Å²) in [5.74, 6) is 0.722. The second-order valence-corrected chi connectivity index (χ2v) is 10.8. The number of nitrogens with zero attached hydrogens (tertiary/aromatic N) is 8. The van der Waals surface area contributed by atoms with E-state index in [0.29, 0.717) is 64.2 Å². The topological polar surface area (TPSA) is 111 Å². The minimum absolute atomic E-state index is 0.0351. The zero-order valence-corrected chi connectivity index (χ0v) is 23.5. The molecular weight excluding hydrogens is 532 g/mol. The summed E-state index contributed by atoms with van der Waals surface area (Å²) >= 11 is 7.01. The first-order valence-electron chi connectivity index (χ1n) is 13.1. The van der Waals surface area contributed by atoms with Gasteiger partial charge in [-0.3, -0.25) is 14.5 Å². The lowest BCUT2D eigenvalue weighted by Crippen LogP contribution is -2.56. The first-order valence-corrected chi connectivity index (χ1v) is 13.5. The molecule has 0 N–H and O–H groups in total. The normalized spacial score (nSPS) is 16.6. The molecule has 0 aliphatic carbocycles. The van der Waals surface area contributed by atoms with E-state index in [9.17, 15) is 9.59 Å². The number of hydrogen-bond donors (Lipinski definition) is 0. The van der Waals surface area contributed by atoms with E-state index < -0.39 is 5.69 Å². The summed E-state index contributed by atoms with van der Waals surface area (Å²) in [7, 11) is 1.81. The molecule has 1 atom stereocenters. The molecule has 0 spiro atoms. The second kappa shape index (κ2) is 9.74. The van der Waals surface area contributed by atoms with Gasteiger partial charge in [0.1, 0.15) is 22.8 Å². The van der Waals surface area contributed by atoms with Crippen molar-refractivity contribution in [2.45, 2.75) is 32.7 Å². The maximum atomic E-state index is 14.0. The van der Waals surface area contributed by atoms with Crippen molar-refractivity contribution in [3.63, 3.8) is 0 Å². The first kappa shape index (κ1) is 26.0. The van der Waals surface area contributed by atoms with Gasteiger partial charge in [-0.05, 0) is 30.5 Å². The van der Waals surface area contributed by atoms with Crippen LogP contribution in [0.2, 0.25) is 5.02 Å². The number of carbonyl (C=O) groups is 1. The first-order chi connectivity index (χ1) is 19.2. The highest BCUT2D eigenvalue weighted by Crippen LogP contribution is 2.45. The van der Waals surface area contributed by atoms with Crippen LogP contribution in [0.1, 0.15) is 31.0 Å². The second-order valence-electron chi connectivity index (χ2n) is 10.4. The van der Waals surface area contributed by atoms with Gasteiger partial charge in [-0.1, -0.05) is 32.0 Å². The van der Waals surface area contributed by atoms with Gasteiger partial charge in [0, 0.05) is 44.6 Å². The Labute approximate surface area is 235 Å². The Morgan fingerprint density at radius 2 is 2.08 bits per heavy atom. The van der Waals surface area contributed by atoms with Crippen molar-refractivity contribution in [2.75, 3.05) is 31.1 Å². The van der Waals surface area contributed by atoms with E-state index in [1.54, 1.807) is 22.0 Å². The molecule has 0 aromatic carbocycles. The van der Waals surface area contributed by atoms with E-state index in [1.807, 2.05) is 45.0 Å². The molecule has 11 nitrogen and oxygen atoms in total. The number of halogens is 1. The van der Waals surface area contributed by atoms with Gasteiger partial charge in [0.2, 0.25) is 5.91 Å². The predicted octanol–water partition coefficient (Wildman–Crippen LogP) is 3.26. The zero-order valence-electron chi connectivity index (χ0n) is 22.8. The fourth-order valence-corrected chi connectivity index (χ4v) is 5.83. The van der Waals surface area contributed by atoms with Crippen molar-refractivity contribution in [3.05, 3.63) is 64.1 Å². The number of aryl methyl sites for hydroxylation is 2. The van der Waals surface area contributed by atoms with Crippen LogP contribution in [-0.2, 0) is 11.8 Å². The molecule has 1 fully saturated rings. The quantitative estimate of drug-likeness (QED) is 0.350. The molecule has 6 rings (SSSR count). The molecule has 2 aliphatic heterocycles. The summed E-state index contributed by atoms with van der Waals surface area (Å²) in [5, 5.41) is 5.14. The summed E-state index contributed by atoms with van der Waals surface area (Å²) in [4.78, 5) is 44.4. The van der Waals surface area contributed by atoms with Crippen LogP contribution in [-0.4, -0.2) is 72.4 Å². The number of pyridine rings is 2. The molecular formula is C28H29ClN8O3. The van der Waals surface area contributed by atoms with E-state index in [2.05, 4.69) is 21.6 Å². The van der Waals surface area contributed by atoms with Crippen LogP contribution in [0, 0.1) is 6.92 Å². The summed E-state index contributed by atoms with van der Waals surface area (Å²) < 4.78 is 9.60. The third-order valence-corrected chi connectivity index (χ3v) is 7.82. The van der Waals surface area contributed by atoms with Crippen molar-refractivity contribution in [1.82, 2.24) is 34.2 Å². The van der Waals surface area contributed by atoms with Gasteiger partial charge in [0.05, 0.1) is 29.3 Å². The summed E-state index contributed by atoms with van der Waals surface area (Å²) in [6.07, 6.45) is 6.53. The number of aromatic nitrogens is 6. The highest BCUT2D eigenvalue weighted by molar-refractivity contribution is 6.36. The molecule has 2 aliphatic rings. The average molecular weight is 561 g/mol. The summed E-state index contributed by atoms with van der Waals surface area (Å²) in [6, 6.07) is 1.62. The third-order valence-electron chi connectivity index (χ3n) is 7.47. The fraction of sp³-hybridized carbons (Fsp3) is 0.357. The molecule has 4 aromatic rings. The minimum atomic E-state index is -0.483. The van der Waals surface area contributed by atoms with Crippen molar-refractivity contribution in [3.8, 4) is 22.7 Å². The summed E-state index contributed by atoms with van der Waals surface area (Å²) in [6.45, 7) is 11.2. The Morgan fingerprint density at radius 1 is 1.27 bits per heavy atom. The molecule has 0 radical (unpaired) electrons. The van der Waals surface area contributed by atoms with Crippen LogP contribution >= 0.6 is 11.6 Å². The number of piperazine rings is 1. The summed E-state index contributed by atoms with van der Waals surface area (Å²) in [5.41, 5.74) is 3.27. The molecule has 1 saturated heterocycles. The third kappa shape index (κ3) is 4.03. The number of carbonyl (C=O) groups excluding carboxylic acids is 1. The maximum Gasteiger partial charge on any atom is 0.355 e. The average Bonchev–Trinajstić information content (AvgIpc) is 3.30. The maximum absolute atomic E-state index is 14.0. The Morgan fingerprint density at radius 3 is 2.77 bits per heavy atom. The lowest BCUT2D eigenvalue weighted by Gasteiger charge is -2.40. The van der Waals surface area contributed by atoms with Crippen molar-refractivity contribution in [2.24, 2.45) is 7.05 Å².